The number of hydrogen-bond donors (Lipinski definition) is 0. The average molecular weight is 243 g/mol. The van der Waals surface area contributed by atoms with E-state index in [2.05, 4.69) is 0 Å². The van der Waals surface area contributed by atoms with Gasteiger partial charge in [-0.25, -0.2) is 0 Å². The third kappa shape index (κ3) is 3.86. The van der Waals surface area contributed by atoms with E-state index < -0.39 is 8.03 Å². The standard InChI is InChI=1S/C14H12O2P/c15-17(16-14-9-5-2-6-10-14)12-11-13-7-3-1-4-8-13/h1-12H/q+1. The van der Waals surface area contributed by atoms with Crippen molar-refractivity contribution in [1.29, 1.82) is 0 Å². The summed E-state index contributed by atoms with van der Waals surface area (Å²) in [5, 5.41) is 0. The highest BCUT2D eigenvalue weighted by molar-refractivity contribution is 7.43. The molecule has 0 fully saturated rings. The molecular weight excluding hydrogens is 231 g/mol. The van der Waals surface area contributed by atoms with Gasteiger partial charge in [-0.15, -0.1) is 0 Å². The molecule has 17 heavy (non-hydrogen) atoms. The van der Waals surface area contributed by atoms with Gasteiger partial charge in [0.05, 0.1) is 0 Å². The molecule has 0 bridgehead atoms. The number of para-hydroxylation sites is 1. The lowest BCUT2D eigenvalue weighted by molar-refractivity contribution is 0.514. The van der Waals surface area contributed by atoms with Gasteiger partial charge >= 0.3 is 8.03 Å². The molecule has 0 saturated heterocycles. The molecule has 0 aromatic heterocycles. The molecule has 0 radical (unpaired) electrons. The molecule has 0 aliphatic rings. The smallest absolute Gasteiger partial charge is 0.251 e. The monoisotopic (exact) mass is 243 g/mol. The van der Waals surface area contributed by atoms with Crippen molar-refractivity contribution >= 4 is 14.1 Å². The van der Waals surface area contributed by atoms with Crippen LogP contribution in [0.25, 0.3) is 6.08 Å². The van der Waals surface area contributed by atoms with E-state index in [0.717, 1.165) is 5.56 Å². The molecule has 0 saturated carbocycles. The number of hydrogen-bond acceptors (Lipinski definition) is 2. The van der Waals surface area contributed by atoms with Crippen LogP contribution < -0.4 is 4.52 Å². The van der Waals surface area contributed by atoms with Crippen LogP contribution in [0.3, 0.4) is 0 Å². The highest BCUT2D eigenvalue weighted by Gasteiger charge is 2.13. The van der Waals surface area contributed by atoms with Gasteiger partial charge in [-0.05, 0) is 28.3 Å². The van der Waals surface area contributed by atoms with E-state index in [-0.39, 0.29) is 0 Å². The molecule has 2 aromatic carbocycles. The molecule has 0 spiro atoms. The lowest BCUT2D eigenvalue weighted by Crippen LogP contribution is -1.77. The van der Waals surface area contributed by atoms with Crippen LogP contribution in [0, 0.1) is 0 Å². The predicted molar refractivity (Wildman–Crippen MR) is 70.2 cm³/mol. The van der Waals surface area contributed by atoms with Gasteiger partial charge in [-0.3, -0.25) is 4.52 Å². The minimum absolute atomic E-state index is 0.617. The second-order valence-corrected chi connectivity index (χ2v) is 4.47. The normalized spacial score (nSPS) is 11.4. The van der Waals surface area contributed by atoms with Crippen LogP contribution in [0.1, 0.15) is 5.56 Å². The van der Waals surface area contributed by atoms with Crippen LogP contribution in [-0.4, -0.2) is 0 Å². The van der Waals surface area contributed by atoms with Crippen molar-refractivity contribution in [2.75, 3.05) is 0 Å². The second-order valence-electron chi connectivity index (χ2n) is 3.42. The van der Waals surface area contributed by atoms with Gasteiger partial charge in [0, 0.05) is 0 Å². The van der Waals surface area contributed by atoms with Crippen LogP contribution in [0.4, 0.5) is 0 Å². The Hall–Kier alpha value is -1.92. The molecule has 1 unspecified atom stereocenters. The Morgan fingerprint density at radius 1 is 0.882 bits per heavy atom. The first-order valence-corrected chi connectivity index (χ1v) is 6.52. The first-order chi connectivity index (χ1) is 8.34. The molecule has 3 heteroatoms. The summed E-state index contributed by atoms with van der Waals surface area (Å²) >= 11 is 0. The summed E-state index contributed by atoms with van der Waals surface area (Å²) in [7, 11) is -1.81. The number of benzene rings is 2. The van der Waals surface area contributed by atoms with Crippen molar-refractivity contribution in [1.82, 2.24) is 0 Å². The summed E-state index contributed by atoms with van der Waals surface area (Å²) in [6.07, 6.45) is 1.79. The molecule has 0 N–H and O–H groups in total. The van der Waals surface area contributed by atoms with E-state index >= 15 is 0 Å². The molecule has 1 atom stereocenters. The van der Waals surface area contributed by atoms with E-state index in [1.165, 1.54) is 0 Å². The molecule has 0 heterocycles. The summed E-state index contributed by atoms with van der Waals surface area (Å²) in [6.45, 7) is 0. The van der Waals surface area contributed by atoms with Crippen molar-refractivity contribution in [2.24, 2.45) is 0 Å². The highest BCUT2D eigenvalue weighted by Crippen LogP contribution is 2.28. The van der Waals surface area contributed by atoms with Crippen LogP contribution in [0.2, 0.25) is 0 Å². The molecule has 2 nitrogen and oxygen atoms in total. The van der Waals surface area contributed by atoms with Crippen molar-refractivity contribution < 1.29 is 9.09 Å². The molecule has 84 valence electrons. The largest absolute Gasteiger partial charge is 0.589 e. The maximum absolute atomic E-state index is 11.6. The summed E-state index contributed by atoms with van der Waals surface area (Å²) < 4.78 is 16.9. The Morgan fingerprint density at radius 2 is 1.47 bits per heavy atom. The van der Waals surface area contributed by atoms with E-state index in [1.807, 2.05) is 48.5 Å². The molecule has 0 aliphatic carbocycles. The zero-order valence-electron chi connectivity index (χ0n) is 9.19. The van der Waals surface area contributed by atoms with E-state index in [1.54, 1.807) is 24.0 Å². The van der Waals surface area contributed by atoms with E-state index in [9.17, 15) is 4.57 Å². The average Bonchev–Trinajstić information content (AvgIpc) is 2.39. The van der Waals surface area contributed by atoms with Crippen LogP contribution >= 0.6 is 8.03 Å². The Kier molecular flexibility index (Phi) is 4.06. The first kappa shape index (κ1) is 11.6. The van der Waals surface area contributed by atoms with Gasteiger partial charge in [0.2, 0.25) is 0 Å². The van der Waals surface area contributed by atoms with E-state index in [4.69, 9.17) is 4.52 Å². The van der Waals surface area contributed by atoms with Crippen molar-refractivity contribution in [3.63, 3.8) is 0 Å². The second kappa shape index (κ2) is 5.97. The topological polar surface area (TPSA) is 26.3 Å². The third-order valence-electron chi connectivity index (χ3n) is 2.13. The van der Waals surface area contributed by atoms with Gasteiger partial charge in [0.15, 0.2) is 11.6 Å². The lowest BCUT2D eigenvalue weighted by atomic mass is 10.2. The van der Waals surface area contributed by atoms with E-state index in [0.29, 0.717) is 5.75 Å². The summed E-state index contributed by atoms with van der Waals surface area (Å²) in [5.74, 6) is 2.18. The summed E-state index contributed by atoms with van der Waals surface area (Å²) in [4.78, 5) is 0. The maximum atomic E-state index is 11.6. The Balaban J connectivity index is 1.96. The number of rotatable bonds is 4. The Bertz CT molecular complexity index is 506. The SMILES string of the molecule is O=[P+](C=Cc1ccccc1)Oc1ccccc1. The van der Waals surface area contributed by atoms with Gasteiger partial charge in [0.1, 0.15) is 0 Å². The Labute approximate surface area is 101 Å². The van der Waals surface area contributed by atoms with Crippen molar-refractivity contribution in [2.45, 2.75) is 0 Å². The fourth-order valence-corrected chi connectivity index (χ4v) is 2.01. The Morgan fingerprint density at radius 3 is 2.12 bits per heavy atom. The van der Waals surface area contributed by atoms with Crippen LogP contribution in [0.5, 0.6) is 5.75 Å². The highest BCUT2D eigenvalue weighted by atomic mass is 31.1. The van der Waals surface area contributed by atoms with Gasteiger partial charge in [-0.1, -0.05) is 48.5 Å². The summed E-state index contributed by atoms with van der Waals surface area (Å²) in [5.41, 5.74) is 1.01. The zero-order valence-corrected chi connectivity index (χ0v) is 10.1. The molecule has 2 aromatic rings. The minimum Gasteiger partial charge on any atom is -0.251 e. The molecular formula is C14H12O2P+. The lowest BCUT2D eigenvalue weighted by Gasteiger charge is -1.89. The van der Waals surface area contributed by atoms with Crippen molar-refractivity contribution in [3.05, 3.63) is 72.0 Å². The third-order valence-corrected chi connectivity index (χ3v) is 2.91. The van der Waals surface area contributed by atoms with Gasteiger partial charge in [0.25, 0.3) is 0 Å². The van der Waals surface area contributed by atoms with Crippen LogP contribution in [0.15, 0.2) is 66.5 Å². The first-order valence-electron chi connectivity index (χ1n) is 5.27. The van der Waals surface area contributed by atoms with Gasteiger partial charge < -0.3 is 0 Å². The minimum atomic E-state index is -1.81. The maximum Gasteiger partial charge on any atom is 0.589 e. The molecule has 2 rings (SSSR count). The molecule has 0 aliphatic heterocycles. The van der Waals surface area contributed by atoms with Gasteiger partial charge in [-0.2, -0.15) is 0 Å². The summed E-state index contributed by atoms with van der Waals surface area (Å²) in [6, 6.07) is 18.9. The zero-order chi connectivity index (χ0) is 11.9. The fraction of sp³-hybridized carbons (Fsp3) is 0. The predicted octanol–water partition coefficient (Wildman–Crippen LogP) is 4.48. The molecule has 0 amide bonds. The van der Waals surface area contributed by atoms with Crippen LogP contribution in [-0.2, 0) is 4.57 Å². The van der Waals surface area contributed by atoms with Crippen molar-refractivity contribution in [3.8, 4) is 5.75 Å². The quantitative estimate of drug-likeness (QED) is 0.740. The fourth-order valence-electron chi connectivity index (χ4n) is 1.33.